The van der Waals surface area contributed by atoms with Gasteiger partial charge in [0.2, 0.25) is 5.91 Å². The molecule has 5 atom stereocenters. The second kappa shape index (κ2) is 5.66. The topological polar surface area (TPSA) is 32.3 Å². The number of likely N-dealkylation sites (tertiary alicyclic amines) is 1. The molecule has 0 aromatic heterocycles. The first-order valence-corrected chi connectivity index (χ1v) is 12.2. The molecule has 3 bridgehead atoms. The third-order valence-corrected chi connectivity index (χ3v) is 10.7. The van der Waals surface area contributed by atoms with Crippen molar-refractivity contribution in [2.45, 2.75) is 75.8 Å². The summed E-state index contributed by atoms with van der Waals surface area (Å²) in [7, 11) is 0. The predicted molar refractivity (Wildman–Crippen MR) is 113 cm³/mol. The van der Waals surface area contributed by atoms with E-state index in [0.717, 1.165) is 41.5 Å². The zero-order valence-electron chi connectivity index (χ0n) is 17.7. The SMILES string of the molecule is CC(=O)N[C@H]1CC2(CCN(C3C4CC5CC6CC3CC56C4)CC2)c2ccccc21. The average molecular weight is 391 g/mol. The molecule has 3 heteroatoms. The van der Waals surface area contributed by atoms with Crippen molar-refractivity contribution in [1.29, 1.82) is 0 Å². The quantitative estimate of drug-likeness (QED) is 0.810. The summed E-state index contributed by atoms with van der Waals surface area (Å²) in [4.78, 5) is 14.7. The Bertz CT molecular complexity index is 845. The van der Waals surface area contributed by atoms with Crippen LogP contribution in [0.4, 0.5) is 0 Å². The van der Waals surface area contributed by atoms with Crippen molar-refractivity contribution in [1.82, 2.24) is 10.2 Å². The van der Waals surface area contributed by atoms with Crippen molar-refractivity contribution in [2.75, 3.05) is 13.1 Å². The molecule has 6 aliphatic rings. The molecule has 1 aliphatic heterocycles. The molecule has 1 amide bonds. The van der Waals surface area contributed by atoms with Gasteiger partial charge in [-0.25, -0.2) is 0 Å². The normalized spacial score (nSPS) is 45.8. The molecule has 4 saturated carbocycles. The second-order valence-electron chi connectivity index (χ2n) is 11.6. The lowest BCUT2D eigenvalue weighted by atomic mass is 9.56. The average Bonchev–Trinajstić information content (AvgIpc) is 3.21. The number of nitrogens with one attached hydrogen (secondary N) is 1. The van der Waals surface area contributed by atoms with E-state index in [1.54, 1.807) is 39.0 Å². The van der Waals surface area contributed by atoms with Crippen molar-refractivity contribution < 1.29 is 4.79 Å². The first-order chi connectivity index (χ1) is 14.1. The zero-order valence-corrected chi connectivity index (χ0v) is 17.7. The van der Waals surface area contributed by atoms with E-state index in [1.165, 1.54) is 37.1 Å². The summed E-state index contributed by atoms with van der Waals surface area (Å²) in [6.07, 6.45) is 11.5. The van der Waals surface area contributed by atoms with E-state index in [4.69, 9.17) is 0 Å². The van der Waals surface area contributed by atoms with E-state index < -0.39 is 0 Å². The van der Waals surface area contributed by atoms with Gasteiger partial charge in [-0.3, -0.25) is 9.69 Å². The molecule has 1 N–H and O–H groups in total. The Morgan fingerprint density at radius 2 is 1.69 bits per heavy atom. The van der Waals surface area contributed by atoms with Crippen molar-refractivity contribution in [3.63, 3.8) is 0 Å². The summed E-state index contributed by atoms with van der Waals surface area (Å²) in [6, 6.07) is 10.0. The Balaban J connectivity index is 1.13. The summed E-state index contributed by atoms with van der Waals surface area (Å²) < 4.78 is 0. The van der Waals surface area contributed by atoms with Gasteiger partial charge < -0.3 is 5.32 Å². The molecule has 5 fully saturated rings. The number of carbonyl (C=O) groups is 1. The largest absolute Gasteiger partial charge is 0.349 e. The fourth-order valence-corrected chi connectivity index (χ4v) is 9.77. The van der Waals surface area contributed by atoms with Gasteiger partial charge in [0.1, 0.15) is 0 Å². The second-order valence-corrected chi connectivity index (χ2v) is 11.6. The van der Waals surface area contributed by atoms with Gasteiger partial charge in [0.15, 0.2) is 0 Å². The maximum absolute atomic E-state index is 11.8. The van der Waals surface area contributed by atoms with Crippen LogP contribution in [0.15, 0.2) is 24.3 Å². The van der Waals surface area contributed by atoms with Gasteiger partial charge in [0.25, 0.3) is 0 Å². The van der Waals surface area contributed by atoms with Gasteiger partial charge in [-0.2, -0.15) is 0 Å². The molecule has 154 valence electrons. The molecule has 7 rings (SSSR count). The molecule has 29 heavy (non-hydrogen) atoms. The fraction of sp³-hybridized carbons (Fsp3) is 0.731. The van der Waals surface area contributed by atoms with Crippen LogP contribution in [-0.2, 0) is 10.2 Å². The van der Waals surface area contributed by atoms with Crippen LogP contribution in [0.25, 0.3) is 0 Å². The Morgan fingerprint density at radius 3 is 2.38 bits per heavy atom. The lowest BCUT2D eigenvalue weighted by Crippen LogP contribution is -2.52. The molecule has 1 aromatic rings. The molecule has 1 saturated heterocycles. The number of nitrogens with zero attached hydrogens (tertiary/aromatic N) is 1. The van der Waals surface area contributed by atoms with Crippen molar-refractivity contribution in [3.8, 4) is 0 Å². The molecule has 5 aliphatic carbocycles. The minimum absolute atomic E-state index is 0.103. The Hall–Kier alpha value is -1.35. The van der Waals surface area contributed by atoms with E-state index in [0.29, 0.717) is 0 Å². The Kier molecular flexibility index (Phi) is 3.39. The van der Waals surface area contributed by atoms with Gasteiger partial charge in [-0.1, -0.05) is 24.3 Å². The van der Waals surface area contributed by atoms with Crippen LogP contribution in [0.3, 0.4) is 0 Å². The van der Waals surface area contributed by atoms with Gasteiger partial charge >= 0.3 is 0 Å². The molecule has 2 spiro atoms. The van der Waals surface area contributed by atoms with Crippen LogP contribution in [0, 0.1) is 29.1 Å². The van der Waals surface area contributed by atoms with E-state index in [-0.39, 0.29) is 17.4 Å². The number of piperidine rings is 1. The summed E-state index contributed by atoms with van der Waals surface area (Å²) in [5.41, 5.74) is 4.03. The number of amides is 1. The Labute approximate surface area is 174 Å². The van der Waals surface area contributed by atoms with Crippen molar-refractivity contribution in [2.24, 2.45) is 29.1 Å². The van der Waals surface area contributed by atoms with Gasteiger partial charge in [0, 0.05) is 18.4 Å². The predicted octanol–water partition coefficient (Wildman–Crippen LogP) is 4.43. The maximum atomic E-state index is 11.8. The first kappa shape index (κ1) is 17.3. The van der Waals surface area contributed by atoms with Gasteiger partial charge in [-0.05, 0) is 105 Å². The van der Waals surface area contributed by atoms with Crippen molar-refractivity contribution in [3.05, 3.63) is 35.4 Å². The van der Waals surface area contributed by atoms with E-state index in [1.807, 2.05) is 0 Å². The van der Waals surface area contributed by atoms with Crippen LogP contribution >= 0.6 is 0 Å². The minimum Gasteiger partial charge on any atom is -0.349 e. The number of benzene rings is 1. The van der Waals surface area contributed by atoms with Crippen molar-refractivity contribution >= 4 is 5.91 Å². The third kappa shape index (κ3) is 2.16. The molecule has 1 aromatic carbocycles. The molecule has 1 heterocycles. The highest BCUT2D eigenvalue weighted by Crippen LogP contribution is 2.76. The highest BCUT2D eigenvalue weighted by atomic mass is 16.1. The van der Waals surface area contributed by atoms with Crippen LogP contribution < -0.4 is 5.32 Å². The standard InChI is InChI=1S/C26H34N2O/c1-16(29)27-23-15-25(22-5-3-2-4-21(22)23)6-8-28(9-7-25)24-17-10-19-12-20-11-18(24)14-26(19,20)13-17/h2-5,17-20,23-24H,6-15H2,1H3,(H,27,29)/t17?,18?,19?,20?,23-,24?,26?/m0/s1. The minimum atomic E-state index is 0.103. The molecular weight excluding hydrogens is 356 g/mol. The van der Waals surface area contributed by atoms with Gasteiger partial charge in [-0.15, -0.1) is 0 Å². The fourth-order valence-electron chi connectivity index (χ4n) is 9.77. The van der Waals surface area contributed by atoms with Crippen LogP contribution in [0.5, 0.6) is 0 Å². The van der Waals surface area contributed by atoms with Gasteiger partial charge in [0.05, 0.1) is 6.04 Å². The number of rotatable bonds is 2. The maximum Gasteiger partial charge on any atom is 0.217 e. The summed E-state index contributed by atoms with van der Waals surface area (Å²) in [5, 5.41) is 3.24. The summed E-state index contributed by atoms with van der Waals surface area (Å²) in [6.45, 7) is 4.19. The molecule has 0 radical (unpaired) electrons. The third-order valence-electron chi connectivity index (χ3n) is 10.7. The van der Waals surface area contributed by atoms with E-state index in [2.05, 4.69) is 34.5 Å². The molecular formula is C26H34N2O. The number of hydrogen-bond donors (Lipinski definition) is 1. The number of fused-ring (bicyclic) bond motifs is 4. The van der Waals surface area contributed by atoms with Crippen LogP contribution in [-0.4, -0.2) is 29.9 Å². The zero-order chi connectivity index (χ0) is 19.4. The Morgan fingerprint density at radius 1 is 1.00 bits per heavy atom. The number of hydrogen-bond acceptors (Lipinski definition) is 2. The smallest absolute Gasteiger partial charge is 0.217 e. The molecule has 4 unspecified atom stereocenters. The van der Waals surface area contributed by atoms with Crippen LogP contribution in [0.2, 0.25) is 0 Å². The van der Waals surface area contributed by atoms with Crippen LogP contribution in [0.1, 0.15) is 75.5 Å². The lowest BCUT2D eigenvalue weighted by Gasteiger charge is -2.50. The van der Waals surface area contributed by atoms with E-state index >= 15 is 0 Å². The highest BCUT2D eigenvalue weighted by Gasteiger charge is 2.69. The summed E-state index contributed by atoms with van der Waals surface area (Å²) in [5.74, 6) is 4.31. The monoisotopic (exact) mass is 390 g/mol. The molecule has 3 nitrogen and oxygen atoms in total. The highest BCUT2D eigenvalue weighted by molar-refractivity contribution is 5.73. The number of carbonyl (C=O) groups excluding carboxylic acids is 1. The lowest BCUT2D eigenvalue weighted by molar-refractivity contribution is -0.119. The summed E-state index contributed by atoms with van der Waals surface area (Å²) >= 11 is 0. The van der Waals surface area contributed by atoms with E-state index in [9.17, 15) is 4.79 Å². The first-order valence-electron chi connectivity index (χ1n) is 12.2.